The third-order valence-corrected chi connectivity index (χ3v) is 4.31. The minimum absolute atomic E-state index is 0.0497. The summed E-state index contributed by atoms with van der Waals surface area (Å²) in [5.74, 6) is -0.286. The van der Waals surface area contributed by atoms with Crippen LogP contribution in [0, 0.1) is 0 Å². The second kappa shape index (κ2) is 12.2. The van der Waals surface area contributed by atoms with E-state index >= 15 is 0 Å². The Morgan fingerprint density at radius 3 is 2.04 bits per heavy atom. The minimum Gasteiger partial charge on any atom is -0.383 e. The fourth-order valence-electron chi connectivity index (χ4n) is 2.75. The second-order valence-corrected chi connectivity index (χ2v) is 6.80. The van der Waals surface area contributed by atoms with Crippen LogP contribution in [0.1, 0.15) is 19.3 Å². The summed E-state index contributed by atoms with van der Waals surface area (Å²) in [6.45, 7) is 3.22. The van der Waals surface area contributed by atoms with Crippen molar-refractivity contribution in [2.24, 2.45) is 0 Å². The first-order valence-corrected chi connectivity index (χ1v) is 9.28. The van der Waals surface area contributed by atoms with Gasteiger partial charge in [0.15, 0.2) is 5.78 Å². The Morgan fingerprint density at radius 2 is 1.50 bits per heavy atom. The van der Waals surface area contributed by atoms with E-state index in [-0.39, 0.29) is 35.4 Å². The van der Waals surface area contributed by atoms with Gasteiger partial charge in [-0.05, 0) is 0 Å². The lowest BCUT2D eigenvalue weighted by Crippen LogP contribution is -2.43. The molecule has 0 radical (unpaired) electrons. The van der Waals surface area contributed by atoms with Gasteiger partial charge in [-0.15, -0.1) is 0 Å². The fourth-order valence-corrected chi connectivity index (χ4v) is 2.75. The van der Waals surface area contributed by atoms with E-state index in [0.717, 1.165) is 0 Å². The molecule has 2 fully saturated rings. The number of piperidine rings is 2. The zero-order chi connectivity index (χ0) is 21.1. The molecule has 158 valence electrons. The lowest BCUT2D eigenvalue weighted by Gasteiger charge is -2.27. The van der Waals surface area contributed by atoms with Gasteiger partial charge in [0.05, 0.1) is 25.2 Å². The first-order valence-electron chi connectivity index (χ1n) is 9.28. The number of Topliss-reactive ketones (excluding diaryl/α,β-unsaturated/α-hetero) is 2. The van der Waals surface area contributed by atoms with E-state index in [2.05, 4.69) is 0 Å². The van der Waals surface area contributed by atoms with E-state index in [1.54, 1.807) is 49.2 Å². The lowest BCUT2D eigenvalue weighted by atomic mass is 10.0. The van der Waals surface area contributed by atoms with Crippen molar-refractivity contribution in [1.29, 1.82) is 0 Å². The van der Waals surface area contributed by atoms with Gasteiger partial charge in [0.2, 0.25) is 5.91 Å². The standard InChI is InChI=1S/C11H18N2O3.C8H13NO3/c1-12(2)8-9-10(14)4-5-13(11(9)15)6-7-16-3;1-12-5-4-9-3-2-7(10)6-8(9)11/h8H,4-7H2,1-3H3;2-6H2,1H3. The molecule has 9 nitrogen and oxygen atoms in total. The quantitative estimate of drug-likeness (QED) is 0.331. The van der Waals surface area contributed by atoms with Crippen molar-refractivity contribution >= 4 is 23.4 Å². The van der Waals surface area contributed by atoms with Crippen molar-refractivity contribution in [3.05, 3.63) is 11.8 Å². The third kappa shape index (κ3) is 7.77. The number of nitrogens with zero attached hydrogens (tertiary/aromatic N) is 3. The van der Waals surface area contributed by atoms with Crippen LogP contribution in [-0.4, -0.2) is 106 Å². The fraction of sp³-hybridized carbons (Fsp3) is 0.684. The summed E-state index contributed by atoms with van der Waals surface area (Å²) in [4.78, 5) is 50.5. The van der Waals surface area contributed by atoms with Gasteiger partial charge in [-0.2, -0.15) is 0 Å². The number of ketones is 2. The predicted molar refractivity (Wildman–Crippen MR) is 103 cm³/mol. The molecule has 0 aromatic carbocycles. The molecule has 0 unspecified atom stereocenters. The van der Waals surface area contributed by atoms with Crippen LogP contribution in [0.2, 0.25) is 0 Å². The van der Waals surface area contributed by atoms with Crippen molar-refractivity contribution in [3.8, 4) is 0 Å². The normalized spacial score (nSPS) is 19.1. The lowest BCUT2D eigenvalue weighted by molar-refractivity contribution is -0.140. The summed E-state index contributed by atoms with van der Waals surface area (Å²) in [5, 5.41) is 0. The molecule has 2 aliphatic rings. The first-order chi connectivity index (χ1) is 13.3. The van der Waals surface area contributed by atoms with Gasteiger partial charge >= 0.3 is 0 Å². The number of methoxy groups -OCH3 is 2. The van der Waals surface area contributed by atoms with Gasteiger partial charge in [-0.1, -0.05) is 0 Å². The van der Waals surface area contributed by atoms with Gasteiger partial charge < -0.3 is 24.2 Å². The molecule has 9 heteroatoms. The van der Waals surface area contributed by atoms with Crippen LogP contribution in [0.15, 0.2) is 11.8 Å². The van der Waals surface area contributed by atoms with Crippen molar-refractivity contribution in [2.75, 3.05) is 67.7 Å². The summed E-state index contributed by atoms with van der Waals surface area (Å²) < 4.78 is 9.77. The molecule has 2 saturated heterocycles. The number of amides is 2. The van der Waals surface area contributed by atoms with Gasteiger partial charge in [-0.3, -0.25) is 19.2 Å². The number of ether oxygens (including phenoxy) is 2. The molecule has 0 spiro atoms. The highest BCUT2D eigenvalue weighted by Crippen LogP contribution is 2.14. The zero-order valence-corrected chi connectivity index (χ0v) is 17.2. The van der Waals surface area contributed by atoms with Crippen LogP contribution in [0.25, 0.3) is 0 Å². The summed E-state index contributed by atoms with van der Waals surface area (Å²) in [6.07, 6.45) is 2.55. The molecular weight excluding hydrogens is 366 g/mol. The average molecular weight is 397 g/mol. The van der Waals surface area contributed by atoms with Gasteiger partial charge in [0.1, 0.15) is 5.78 Å². The van der Waals surface area contributed by atoms with Crippen LogP contribution >= 0.6 is 0 Å². The Morgan fingerprint density at radius 1 is 0.929 bits per heavy atom. The van der Waals surface area contributed by atoms with Gasteiger partial charge in [0.25, 0.3) is 5.91 Å². The molecular formula is C19H31N3O6. The number of hydrogen-bond donors (Lipinski definition) is 0. The van der Waals surface area contributed by atoms with Crippen molar-refractivity contribution < 1.29 is 28.7 Å². The molecule has 0 atom stereocenters. The van der Waals surface area contributed by atoms with E-state index < -0.39 is 0 Å². The summed E-state index contributed by atoms with van der Waals surface area (Å²) in [5.41, 5.74) is 0.271. The highest BCUT2D eigenvalue weighted by Gasteiger charge is 2.29. The Hall–Kier alpha value is -2.26. The monoisotopic (exact) mass is 397 g/mol. The molecule has 0 aromatic rings. The number of carbonyl (C=O) groups excluding carboxylic acids is 4. The van der Waals surface area contributed by atoms with E-state index in [9.17, 15) is 19.2 Å². The first kappa shape index (κ1) is 23.8. The minimum atomic E-state index is -0.193. The molecule has 2 rings (SSSR count). The van der Waals surface area contributed by atoms with Crippen LogP contribution in [-0.2, 0) is 28.7 Å². The molecule has 2 amide bonds. The maximum Gasteiger partial charge on any atom is 0.259 e. The summed E-state index contributed by atoms with van der Waals surface area (Å²) >= 11 is 0. The molecule has 28 heavy (non-hydrogen) atoms. The molecule has 0 bridgehead atoms. The third-order valence-electron chi connectivity index (χ3n) is 4.31. The maximum atomic E-state index is 11.9. The topological polar surface area (TPSA) is 96.5 Å². The van der Waals surface area contributed by atoms with Crippen LogP contribution in [0.3, 0.4) is 0 Å². The molecule has 0 aliphatic carbocycles. The number of hydrogen-bond acceptors (Lipinski definition) is 7. The zero-order valence-electron chi connectivity index (χ0n) is 17.2. The van der Waals surface area contributed by atoms with Crippen LogP contribution in [0.4, 0.5) is 0 Å². The molecule has 2 heterocycles. The van der Waals surface area contributed by atoms with Crippen molar-refractivity contribution in [2.45, 2.75) is 19.3 Å². The Bertz CT molecular complexity index is 602. The average Bonchev–Trinajstić information content (AvgIpc) is 2.64. The molecule has 2 aliphatic heterocycles. The van der Waals surface area contributed by atoms with Gasteiger partial charge in [0, 0.05) is 73.5 Å². The van der Waals surface area contributed by atoms with Gasteiger partial charge in [-0.25, -0.2) is 0 Å². The van der Waals surface area contributed by atoms with E-state index in [1.165, 1.54) is 0 Å². The highest BCUT2D eigenvalue weighted by atomic mass is 16.5. The number of rotatable bonds is 7. The molecule has 0 saturated carbocycles. The van der Waals surface area contributed by atoms with E-state index in [4.69, 9.17) is 9.47 Å². The van der Waals surface area contributed by atoms with Crippen LogP contribution < -0.4 is 0 Å². The van der Waals surface area contributed by atoms with Crippen molar-refractivity contribution in [1.82, 2.24) is 14.7 Å². The largest absolute Gasteiger partial charge is 0.383 e. The maximum absolute atomic E-state index is 11.9. The van der Waals surface area contributed by atoms with Crippen molar-refractivity contribution in [3.63, 3.8) is 0 Å². The number of carbonyl (C=O) groups is 4. The molecule has 0 N–H and O–H groups in total. The number of likely N-dealkylation sites (tertiary alicyclic amines) is 2. The smallest absolute Gasteiger partial charge is 0.259 e. The Labute approximate surface area is 166 Å². The van der Waals surface area contributed by atoms with Crippen LogP contribution in [0.5, 0.6) is 0 Å². The highest BCUT2D eigenvalue weighted by molar-refractivity contribution is 6.20. The second-order valence-electron chi connectivity index (χ2n) is 6.80. The predicted octanol–water partition coefficient (Wildman–Crippen LogP) is -0.296. The SMILES string of the molecule is COCCN1CCC(=O)C(=CN(C)C)C1=O.COCCN1CCC(=O)CC1=O. The Kier molecular flexibility index (Phi) is 10.4. The van der Waals surface area contributed by atoms with E-state index in [1.807, 2.05) is 0 Å². The molecule has 0 aromatic heterocycles. The summed E-state index contributed by atoms with van der Waals surface area (Å²) in [6, 6.07) is 0. The summed E-state index contributed by atoms with van der Waals surface area (Å²) in [7, 11) is 6.78. The Balaban J connectivity index is 0.000000292. The van der Waals surface area contributed by atoms with E-state index in [0.29, 0.717) is 52.2 Å².